The first-order valence-corrected chi connectivity index (χ1v) is 12.9. The maximum atomic E-state index is 13.6. The number of hydrogen-bond donors (Lipinski definition) is 0. The molecule has 180 valence electrons. The second-order valence-corrected chi connectivity index (χ2v) is 9.90. The zero-order valence-corrected chi connectivity index (χ0v) is 20.6. The molecule has 5 heteroatoms. The SMILES string of the molecule is Cc1cccc(Cn2cc(C=Nn3c(C4CCCCC4)nc4ccccc4c3=O)c3ccccc32)c1. The molecule has 5 nitrogen and oxygen atoms in total. The number of para-hydroxylation sites is 2. The highest BCUT2D eigenvalue weighted by Gasteiger charge is 2.22. The van der Waals surface area contributed by atoms with Gasteiger partial charge in [-0.3, -0.25) is 4.79 Å². The van der Waals surface area contributed by atoms with E-state index in [1.165, 1.54) is 30.4 Å². The summed E-state index contributed by atoms with van der Waals surface area (Å²) in [6.45, 7) is 2.90. The minimum Gasteiger partial charge on any atom is -0.342 e. The van der Waals surface area contributed by atoms with Gasteiger partial charge in [0.05, 0.1) is 17.1 Å². The molecule has 0 atom stereocenters. The summed E-state index contributed by atoms with van der Waals surface area (Å²) in [5, 5.41) is 6.52. The largest absolute Gasteiger partial charge is 0.342 e. The maximum absolute atomic E-state index is 13.6. The fourth-order valence-corrected chi connectivity index (χ4v) is 5.51. The minimum atomic E-state index is -0.0964. The molecule has 3 aromatic carbocycles. The Kier molecular flexibility index (Phi) is 5.98. The zero-order valence-electron chi connectivity index (χ0n) is 20.6. The normalized spacial score (nSPS) is 14.8. The van der Waals surface area contributed by atoms with E-state index in [1.807, 2.05) is 36.5 Å². The van der Waals surface area contributed by atoms with E-state index in [0.29, 0.717) is 5.39 Å². The summed E-state index contributed by atoms with van der Waals surface area (Å²) in [6.07, 6.45) is 9.66. The molecule has 36 heavy (non-hydrogen) atoms. The van der Waals surface area contributed by atoms with Gasteiger partial charge in [0.1, 0.15) is 5.82 Å². The van der Waals surface area contributed by atoms with Gasteiger partial charge in [0.25, 0.3) is 5.56 Å². The third-order valence-corrected chi connectivity index (χ3v) is 7.32. The summed E-state index contributed by atoms with van der Waals surface area (Å²) in [5.74, 6) is 1.05. The molecule has 0 aliphatic heterocycles. The zero-order chi connectivity index (χ0) is 24.5. The van der Waals surface area contributed by atoms with Crippen molar-refractivity contribution >= 4 is 28.0 Å². The molecule has 0 radical (unpaired) electrons. The van der Waals surface area contributed by atoms with Crippen molar-refractivity contribution in [3.63, 3.8) is 0 Å². The van der Waals surface area contributed by atoms with Crippen LogP contribution in [-0.2, 0) is 6.54 Å². The molecule has 0 N–H and O–H groups in total. The van der Waals surface area contributed by atoms with Crippen molar-refractivity contribution in [2.24, 2.45) is 5.10 Å². The Bertz CT molecular complexity index is 1640. The average molecular weight is 475 g/mol. The number of fused-ring (bicyclic) bond motifs is 2. The van der Waals surface area contributed by atoms with Crippen LogP contribution < -0.4 is 5.56 Å². The lowest BCUT2D eigenvalue weighted by molar-refractivity contribution is 0.416. The first-order chi connectivity index (χ1) is 17.7. The standard InChI is InChI=1S/C31H30N4O/c1-22-10-9-11-23(18-22)20-34-21-25(26-14-6-8-17-29(26)34)19-32-35-30(24-12-3-2-4-13-24)33-28-16-7-5-15-27(28)31(35)36/h5-11,14-19,21,24H,2-4,12-13,20H2,1H3. The first kappa shape index (κ1) is 22.5. The third-order valence-electron chi connectivity index (χ3n) is 7.32. The van der Waals surface area contributed by atoms with Gasteiger partial charge in [-0.25, -0.2) is 4.98 Å². The Balaban J connectivity index is 1.45. The summed E-state index contributed by atoms with van der Waals surface area (Å²) < 4.78 is 3.82. The fourth-order valence-electron chi connectivity index (χ4n) is 5.51. The quantitative estimate of drug-likeness (QED) is 0.268. The molecule has 6 rings (SSSR count). The first-order valence-electron chi connectivity index (χ1n) is 12.9. The topological polar surface area (TPSA) is 52.2 Å². The number of nitrogens with zero attached hydrogens (tertiary/aromatic N) is 4. The van der Waals surface area contributed by atoms with E-state index in [0.717, 1.165) is 47.2 Å². The molecule has 1 aliphatic carbocycles. The van der Waals surface area contributed by atoms with Crippen molar-refractivity contribution in [2.45, 2.75) is 51.5 Å². The van der Waals surface area contributed by atoms with Crippen LogP contribution in [0.25, 0.3) is 21.8 Å². The van der Waals surface area contributed by atoms with Crippen LogP contribution >= 0.6 is 0 Å². The number of aryl methyl sites for hydroxylation is 1. The fraction of sp³-hybridized carbons (Fsp3) is 0.258. The number of aromatic nitrogens is 3. The van der Waals surface area contributed by atoms with Gasteiger partial charge in [-0.2, -0.15) is 9.78 Å². The molecular formula is C31H30N4O. The van der Waals surface area contributed by atoms with Crippen molar-refractivity contribution < 1.29 is 0 Å². The molecule has 1 aliphatic rings. The summed E-state index contributed by atoms with van der Waals surface area (Å²) in [6, 6.07) is 24.6. The van der Waals surface area contributed by atoms with Crippen molar-refractivity contribution in [2.75, 3.05) is 0 Å². The third kappa shape index (κ3) is 4.26. The van der Waals surface area contributed by atoms with Crippen molar-refractivity contribution in [1.29, 1.82) is 0 Å². The molecule has 0 unspecified atom stereocenters. The molecule has 1 saturated carbocycles. The monoisotopic (exact) mass is 474 g/mol. The van der Waals surface area contributed by atoms with Crippen LogP contribution in [-0.4, -0.2) is 20.4 Å². The second kappa shape index (κ2) is 9.57. The highest BCUT2D eigenvalue weighted by molar-refractivity contribution is 5.99. The van der Waals surface area contributed by atoms with Crippen LogP contribution in [0.3, 0.4) is 0 Å². The summed E-state index contributed by atoms with van der Waals surface area (Å²) in [4.78, 5) is 18.5. The van der Waals surface area contributed by atoms with E-state index in [9.17, 15) is 4.79 Å². The highest BCUT2D eigenvalue weighted by Crippen LogP contribution is 2.32. The van der Waals surface area contributed by atoms with E-state index in [1.54, 1.807) is 4.68 Å². The Labute approximate surface area is 210 Å². The predicted molar refractivity (Wildman–Crippen MR) is 147 cm³/mol. The van der Waals surface area contributed by atoms with Gasteiger partial charge in [0.15, 0.2) is 0 Å². The van der Waals surface area contributed by atoms with Crippen molar-refractivity contribution in [3.8, 4) is 0 Å². The molecule has 0 amide bonds. The molecule has 0 saturated heterocycles. The van der Waals surface area contributed by atoms with E-state index in [4.69, 9.17) is 10.1 Å². The van der Waals surface area contributed by atoms with Crippen molar-refractivity contribution in [1.82, 2.24) is 14.2 Å². The molecular weight excluding hydrogens is 444 g/mol. The van der Waals surface area contributed by atoms with Crippen LogP contribution in [0.2, 0.25) is 0 Å². The Morgan fingerprint density at radius 2 is 1.72 bits per heavy atom. The van der Waals surface area contributed by atoms with Crippen molar-refractivity contribution in [3.05, 3.63) is 112 Å². The van der Waals surface area contributed by atoms with Gasteiger partial charge in [-0.15, -0.1) is 0 Å². The second-order valence-electron chi connectivity index (χ2n) is 9.90. The molecule has 2 aromatic heterocycles. The van der Waals surface area contributed by atoms with Gasteiger partial charge in [0, 0.05) is 35.1 Å². The van der Waals surface area contributed by atoms with E-state index in [-0.39, 0.29) is 11.5 Å². The highest BCUT2D eigenvalue weighted by atomic mass is 16.1. The number of benzene rings is 3. The number of rotatable bonds is 5. The summed E-state index contributed by atoms with van der Waals surface area (Å²) in [7, 11) is 0. The molecule has 0 spiro atoms. The molecule has 2 heterocycles. The Hall–Kier alpha value is -3.99. The lowest BCUT2D eigenvalue weighted by atomic mass is 9.88. The Morgan fingerprint density at radius 3 is 2.56 bits per heavy atom. The molecule has 5 aromatic rings. The lowest BCUT2D eigenvalue weighted by Gasteiger charge is -2.22. The van der Waals surface area contributed by atoms with Crippen LogP contribution in [0, 0.1) is 6.92 Å². The number of hydrogen-bond acceptors (Lipinski definition) is 3. The molecule has 0 bridgehead atoms. The van der Waals surface area contributed by atoms with E-state index in [2.05, 4.69) is 60.2 Å². The summed E-state index contributed by atoms with van der Waals surface area (Å²) in [5.41, 5.74) is 5.31. The van der Waals surface area contributed by atoms with Crippen LogP contribution in [0.5, 0.6) is 0 Å². The van der Waals surface area contributed by atoms with Crippen LogP contribution in [0.15, 0.2) is 88.9 Å². The predicted octanol–water partition coefficient (Wildman–Crippen LogP) is 6.64. The van der Waals surface area contributed by atoms with Crippen LogP contribution in [0.1, 0.15) is 60.5 Å². The maximum Gasteiger partial charge on any atom is 0.282 e. The van der Waals surface area contributed by atoms with Gasteiger partial charge in [0.2, 0.25) is 0 Å². The average Bonchev–Trinajstić information content (AvgIpc) is 3.26. The molecule has 1 fully saturated rings. The van der Waals surface area contributed by atoms with Gasteiger partial charge in [-0.1, -0.05) is 79.4 Å². The van der Waals surface area contributed by atoms with Gasteiger partial charge >= 0.3 is 0 Å². The van der Waals surface area contributed by atoms with E-state index >= 15 is 0 Å². The smallest absolute Gasteiger partial charge is 0.282 e. The van der Waals surface area contributed by atoms with Crippen LogP contribution in [0.4, 0.5) is 0 Å². The van der Waals surface area contributed by atoms with Gasteiger partial charge in [-0.05, 0) is 43.5 Å². The van der Waals surface area contributed by atoms with Gasteiger partial charge < -0.3 is 4.57 Å². The Morgan fingerprint density at radius 1 is 0.944 bits per heavy atom. The van der Waals surface area contributed by atoms with E-state index < -0.39 is 0 Å². The summed E-state index contributed by atoms with van der Waals surface area (Å²) >= 11 is 0. The minimum absolute atomic E-state index is 0.0964. The lowest BCUT2D eigenvalue weighted by Crippen LogP contribution is -2.25.